The quantitative estimate of drug-likeness (QED) is 0.354. The highest BCUT2D eigenvalue weighted by Crippen LogP contribution is 2.30. The van der Waals surface area contributed by atoms with E-state index < -0.39 is 0 Å². The Morgan fingerprint density at radius 1 is 1.19 bits per heavy atom. The average Bonchev–Trinajstić information content (AvgIpc) is 3.38. The van der Waals surface area contributed by atoms with Crippen molar-refractivity contribution in [2.24, 2.45) is 10.9 Å². The van der Waals surface area contributed by atoms with E-state index in [1.165, 1.54) is 12.8 Å². The third-order valence-corrected chi connectivity index (χ3v) is 4.76. The van der Waals surface area contributed by atoms with Crippen LogP contribution in [-0.4, -0.2) is 51.6 Å². The number of nitrogens with zero attached hydrogens (tertiary/aromatic N) is 1. The van der Waals surface area contributed by atoms with Gasteiger partial charge in [0, 0.05) is 25.3 Å². The first-order valence-corrected chi connectivity index (χ1v) is 10.3. The van der Waals surface area contributed by atoms with E-state index in [9.17, 15) is 0 Å². The minimum Gasteiger partial charge on any atom is -0.493 e. The normalized spacial score (nSPS) is 19.9. The van der Waals surface area contributed by atoms with Crippen LogP contribution >= 0.6 is 0 Å². The fourth-order valence-corrected chi connectivity index (χ4v) is 3.01. The zero-order chi connectivity index (χ0) is 18.7. The van der Waals surface area contributed by atoms with E-state index in [2.05, 4.69) is 23.6 Å². The van der Waals surface area contributed by atoms with Crippen LogP contribution < -0.4 is 15.4 Å². The Kier molecular flexibility index (Phi) is 8.24. The molecule has 1 aromatic rings. The predicted octanol–water partition coefficient (Wildman–Crippen LogP) is 2.73. The molecule has 6 heteroatoms. The van der Waals surface area contributed by atoms with E-state index in [0.29, 0.717) is 19.8 Å². The summed E-state index contributed by atoms with van der Waals surface area (Å²) in [4.78, 5) is 4.70. The summed E-state index contributed by atoms with van der Waals surface area (Å²) in [5.41, 5.74) is 1.12. The molecule has 1 saturated heterocycles. The van der Waals surface area contributed by atoms with Gasteiger partial charge in [0.2, 0.25) is 0 Å². The van der Waals surface area contributed by atoms with Crippen LogP contribution in [0.25, 0.3) is 0 Å². The van der Waals surface area contributed by atoms with Crippen LogP contribution in [0.4, 0.5) is 0 Å². The third-order valence-electron chi connectivity index (χ3n) is 4.76. The highest BCUT2D eigenvalue weighted by atomic mass is 16.5. The van der Waals surface area contributed by atoms with Crippen LogP contribution in [0.15, 0.2) is 29.3 Å². The van der Waals surface area contributed by atoms with Crippen LogP contribution in [0.2, 0.25) is 0 Å². The van der Waals surface area contributed by atoms with Gasteiger partial charge in [0.1, 0.15) is 5.75 Å². The van der Waals surface area contributed by atoms with Crippen molar-refractivity contribution in [3.8, 4) is 5.75 Å². The van der Waals surface area contributed by atoms with E-state index in [0.717, 1.165) is 62.3 Å². The van der Waals surface area contributed by atoms with Gasteiger partial charge in [0.25, 0.3) is 0 Å². The highest BCUT2D eigenvalue weighted by molar-refractivity contribution is 5.79. The molecule has 6 nitrogen and oxygen atoms in total. The van der Waals surface area contributed by atoms with Crippen molar-refractivity contribution >= 4 is 5.96 Å². The molecule has 1 unspecified atom stereocenters. The molecule has 27 heavy (non-hydrogen) atoms. The summed E-state index contributed by atoms with van der Waals surface area (Å²) in [5.74, 6) is 2.49. The van der Waals surface area contributed by atoms with Crippen molar-refractivity contribution in [1.82, 2.24) is 10.6 Å². The maximum atomic E-state index is 5.97. The van der Waals surface area contributed by atoms with Gasteiger partial charge >= 0.3 is 0 Å². The van der Waals surface area contributed by atoms with Gasteiger partial charge in [-0.2, -0.15) is 0 Å². The van der Waals surface area contributed by atoms with Crippen molar-refractivity contribution in [3.05, 3.63) is 29.8 Å². The molecule has 3 rings (SSSR count). The minimum atomic E-state index is 0.277. The minimum absolute atomic E-state index is 0.277. The van der Waals surface area contributed by atoms with Crippen molar-refractivity contribution < 1.29 is 14.2 Å². The maximum absolute atomic E-state index is 5.97. The second kappa shape index (κ2) is 11.1. The third kappa shape index (κ3) is 7.39. The van der Waals surface area contributed by atoms with E-state index in [1.54, 1.807) is 0 Å². The van der Waals surface area contributed by atoms with Crippen LogP contribution in [0.1, 0.15) is 38.2 Å². The molecule has 0 amide bonds. The molecule has 150 valence electrons. The van der Waals surface area contributed by atoms with Crippen molar-refractivity contribution in [3.63, 3.8) is 0 Å². The molecule has 1 aliphatic heterocycles. The summed E-state index contributed by atoms with van der Waals surface area (Å²) in [7, 11) is 0. The summed E-state index contributed by atoms with van der Waals surface area (Å²) >= 11 is 0. The fourth-order valence-electron chi connectivity index (χ4n) is 3.01. The smallest absolute Gasteiger partial charge is 0.191 e. The molecule has 2 N–H and O–H groups in total. The number of benzene rings is 1. The van der Waals surface area contributed by atoms with Crippen molar-refractivity contribution in [2.45, 2.75) is 45.3 Å². The lowest BCUT2D eigenvalue weighted by Gasteiger charge is -2.14. The SMILES string of the molecule is CCNC(=NCc1ccccc1OCC1CC1)NCCOCC1CCCO1. The van der Waals surface area contributed by atoms with Gasteiger partial charge in [0.15, 0.2) is 5.96 Å². The zero-order valence-electron chi connectivity index (χ0n) is 16.4. The lowest BCUT2D eigenvalue weighted by atomic mass is 10.2. The zero-order valence-corrected chi connectivity index (χ0v) is 16.4. The van der Waals surface area contributed by atoms with Gasteiger partial charge in [0.05, 0.1) is 32.5 Å². The summed E-state index contributed by atoms with van der Waals surface area (Å²) in [6.45, 7) is 7.22. The second-order valence-corrected chi connectivity index (χ2v) is 7.19. The van der Waals surface area contributed by atoms with E-state index in [1.807, 2.05) is 18.2 Å². The molecular formula is C21H33N3O3. The number of aliphatic imine (C=N–C) groups is 1. The van der Waals surface area contributed by atoms with Gasteiger partial charge < -0.3 is 24.8 Å². The number of ether oxygens (including phenoxy) is 3. The first-order chi connectivity index (χ1) is 13.3. The molecule has 1 aliphatic carbocycles. The van der Waals surface area contributed by atoms with E-state index >= 15 is 0 Å². The number of guanidine groups is 1. The standard InChI is InChI=1S/C21H33N3O3/c1-2-22-21(23-11-13-25-16-19-7-5-12-26-19)24-14-18-6-3-4-8-20(18)27-15-17-9-10-17/h3-4,6,8,17,19H,2,5,7,9-16H2,1H3,(H2,22,23,24). The Morgan fingerprint density at radius 2 is 2.07 bits per heavy atom. The topological polar surface area (TPSA) is 64.1 Å². The first-order valence-electron chi connectivity index (χ1n) is 10.3. The van der Waals surface area contributed by atoms with E-state index in [4.69, 9.17) is 19.2 Å². The van der Waals surface area contributed by atoms with Crippen LogP contribution in [-0.2, 0) is 16.0 Å². The Labute approximate surface area is 162 Å². The van der Waals surface area contributed by atoms with Gasteiger partial charge in [-0.3, -0.25) is 0 Å². The molecule has 0 bridgehead atoms. The van der Waals surface area contributed by atoms with Gasteiger partial charge in [-0.05, 0) is 44.6 Å². The Morgan fingerprint density at radius 3 is 2.85 bits per heavy atom. The van der Waals surface area contributed by atoms with Gasteiger partial charge in [-0.25, -0.2) is 4.99 Å². The number of para-hydroxylation sites is 1. The molecule has 1 aromatic carbocycles. The number of hydrogen-bond acceptors (Lipinski definition) is 4. The first kappa shape index (κ1) is 20.0. The molecule has 2 fully saturated rings. The van der Waals surface area contributed by atoms with Gasteiger partial charge in [-0.1, -0.05) is 18.2 Å². The Balaban J connectivity index is 1.42. The lowest BCUT2D eigenvalue weighted by molar-refractivity contribution is 0.0191. The Hall–Kier alpha value is -1.79. The molecule has 0 spiro atoms. The summed E-state index contributed by atoms with van der Waals surface area (Å²) < 4.78 is 17.2. The molecule has 1 atom stereocenters. The summed E-state index contributed by atoms with van der Waals surface area (Å²) in [6.07, 6.45) is 5.13. The van der Waals surface area contributed by atoms with Crippen molar-refractivity contribution in [2.75, 3.05) is 39.5 Å². The van der Waals surface area contributed by atoms with Crippen molar-refractivity contribution in [1.29, 1.82) is 0 Å². The highest BCUT2D eigenvalue weighted by Gasteiger charge is 2.22. The second-order valence-electron chi connectivity index (χ2n) is 7.19. The monoisotopic (exact) mass is 375 g/mol. The maximum Gasteiger partial charge on any atom is 0.191 e. The molecular weight excluding hydrogens is 342 g/mol. The summed E-state index contributed by atoms with van der Waals surface area (Å²) in [5, 5.41) is 6.61. The van der Waals surface area contributed by atoms with Gasteiger partial charge in [-0.15, -0.1) is 0 Å². The largest absolute Gasteiger partial charge is 0.493 e. The van der Waals surface area contributed by atoms with Crippen LogP contribution in [0, 0.1) is 5.92 Å². The molecule has 0 aromatic heterocycles. The molecule has 0 radical (unpaired) electrons. The summed E-state index contributed by atoms with van der Waals surface area (Å²) in [6, 6.07) is 8.17. The number of nitrogens with one attached hydrogen (secondary N) is 2. The predicted molar refractivity (Wildman–Crippen MR) is 107 cm³/mol. The Bertz CT molecular complexity index is 584. The van der Waals surface area contributed by atoms with E-state index in [-0.39, 0.29) is 6.10 Å². The molecule has 1 heterocycles. The van der Waals surface area contributed by atoms with Crippen LogP contribution in [0.5, 0.6) is 5.75 Å². The lowest BCUT2D eigenvalue weighted by Crippen LogP contribution is -2.39. The average molecular weight is 376 g/mol. The molecule has 2 aliphatic rings. The fraction of sp³-hybridized carbons (Fsp3) is 0.667. The number of rotatable bonds is 11. The van der Waals surface area contributed by atoms with Crippen LogP contribution in [0.3, 0.4) is 0 Å². The number of hydrogen-bond donors (Lipinski definition) is 2. The molecule has 1 saturated carbocycles.